The molecule has 1 saturated heterocycles. The Morgan fingerprint density at radius 2 is 1.66 bits per heavy atom. The molecule has 184 valence electrons. The number of rotatable bonds is 7. The fourth-order valence-corrected chi connectivity index (χ4v) is 6.04. The first kappa shape index (κ1) is 23.7. The van der Waals surface area contributed by atoms with Crippen LogP contribution in [0.2, 0.25) is 0 Å². The number of para-hydroxylation sites is 2. The minimum absolute atomic E-state index is 0.166. The Hall–Kier alpha value is -3.00. The number of hydrogen-bond donors (Lipinski definition) is 0. The normalized spacial score (nSPS) is 16.9. The lowest BCUT2D eigenvalue weighted by Gasteiger charge is -2.36. The average Bonchev–Trinajstić information content (AvgIpc) is 3.36. The van der Waals surface area contributed by atoms with E-state index in [1.54, 1.807) is 7.11 Å². The molecule has 1 amide bonds. The Bertz CT molecular complexity index is 1120. The van der Waals surface area contributed by atoms with Crippen LogP contribution in [-0.4, -0.2) is 64.6 Å². The number of aromatic nitrogens is 3. The highest BCUT2D eigenvalue weighted by molar-refractivity contribution is 7.99. The van der Waals surface area contributed by atoms with E-state index in [1.807, 2.05) is 35.2 Å². The molecule has 0 unspecified atom stereocenters. The molecule has 2 fully saturated rings. The molecular weight excluding hydrogens is 458 g/mol. The fourth-order valence-electron chi connectivity index (χ4n) is 5.13. The lowest BCUT2D eigenvalue weighted by Crippen LogP contribution is -2.49. The Balaban J connectivity index is 1.28. The van der Waals surface area contributed by atoms with Crippen LogP contribution in [0.15, 0.2) is 59.8 Å². The van der Waals surface area contributed by atoms with Crippen LogP contribution in [0, 0.1) is 0 Å². The molecule has 7 nitrogen and oxygen atoms in total. The standard InChI is InChI=1S/C27H33N5O2S/c1-34-24-15-9-8-14-23(24)26-28-29-27(32(26)22-12-6-3-7-13-22)35-20-25(33)31-18-16-30(17-19-31)21-10-4-2-5-11-21/h2,4-5,8-11,14-15,22H,3,6-7,12-13,16-20H2,1H3. The van der Waals surface area contributed by atoms with Gasteiger partial charge in [0.25, 0.3) is 0 Å². The number of thioether (sulfide) groups is 1. The minimum Gasteiger partial charge on any atom is -0.496 e. The number of ether oxygens (including phenoxy) is 1. The van der Waals surface area contributed by atoms with E-state index < -0.39 is 0 Å². The van der Waals surface area contributed by atoms with Gasteiger partial charge in [-0.25, -0.2) is 0 Å². The van der Waals surface area contributed by atoms with Gasteiger partial charge in [-0.05, 0) is 37.1 Å². The second-order valence-corrected chi connectivity index (χ2v) is 10.1. The molecule has 1 aliphatic carbocycles. The van der Waals surface area contributed by atoms with Gasteiger partial charge >= 0.3 is 0 Å². The molecule has 1 aromatic heterocycles. The molecule has 8 heteroatoms. The number of nitrogens with zero attached hydrogens (tertiary/aromatic N) is 5. The van der Waals surface area contributed by atoms with Crippen molar-refractivity contribution in [1.29, 1.82) is 0 Å². The van der Waals surface area contributed by atoms with Crippen LogP contribution < -0.4 is 9.64 Å². The molecule has 0 N–H and O–H groups in total. The summed E-state index contributed by atoms with van der Waals surface area (Å²) in [5, 5.41) is 9.97. The molecule has 5 rings (SSSR count). The van der Waals surface area contributed by atoms with Gasteiger partial charge in [0, 0.05) is 37.9 Å². The second kappa shape index (κ2) is 11.2. The Labute approximate surface area is 211 Å². The molecule has 2 aromatic carbocycles. The fraction of sp³-hybridized carbons (Fsp3) is 0.444. The van der Waals surface area contributed by atoms with Gasteiger partial charge in [0.2, 0.25) is 5.91 Å². The van der Waals surface area contributed by atoms with Crippen molar-refractivity contribution in [2.24, 2.45) is 0 Å². The van der Waals surface area contributed by atoms with E-state index in [4.69, 9.17) is 4.74 Å². The number of benzene rings is 2. The van der Waals surface area contributed by atoms with Crippen LogP contribution in [0.5, 0.6) is 5.75 Å². The van der Waals surface area contributed by atoms with Gasteiger partial charge in [-0.15, -0.1) is 10.2 Å². The molecule has 0 radical (unpaired) electrons. The number of carbonyl (C=O) groups excluding carboxylic acids is 1. The summed E-state index contributed by atoms with van der Waals surface area (Å²) in [4.78, 5) is 17.4. The van der Waals surface area contributed by atoms with Crippen LogP contribution in [0.25, 0.3) is 11.4 Å². The predicted octanol–water partition coefficient (Wildman–Crippen LogP) is 4.90. The average molecular weight is 492 g/mol. The first-order valence-electron chi connectivity index (χ1n) is 12.5. The first-order valence-corrected chi connectivity index (χ1v) is 13.5. The van der Waals surface area contributed by atoms with E-state index in [0.717, 1.165) is 61.3 Å². The topological polar surface area (TPSA) is 63.5 Å². The smallest absolute Gasteiger partial charge is 0.233 e. The van der Waals surface area contributed by atoms with Gasteiger partial charge in [-0.1, -0.05) is 61.4 Å². The zero-order chi connectivity index (χ0) is 24.0. The highest BCUT2D eigenvalue weighted by atomic mass is 32.2. The number of methoxy groups -OCH3 is 1. The Morgan fingerprint density at radius 1 is 0.943 bits per heavy atom. The molecule has 35 heavy (non-hydrogen) atoms. The summed E-state index contributed by atoms with van der Waals surface area (Å²) >= 11 is 1.51. The van der Waals surface area contributed by atoms with Crippen LogP contribution in [0.3, 0.4) is 0 Å². The number of amides is 1. The Morgan fingerprint density at radius 3 is 2.40 bits per heavy atom. The first-order chi connectivity index (χ1) is 17.2. The van der Waals surface area contributed by atoms with Crippen molar-refractivity contribution in [3.8, 4) is 17.1 Å². The minimum atomic E-state index is 0.166. The van der Waals surface area contributed by atoms with Gasteiger partial charge in [-0.2, -0.15) is 0 Å². The maximum absolute atomic E-state index is 13.1. The van der Waals surface area contributed by atoms with Crippen molar-refractivity contribution < 1.29 is 9.53 Å². The van der Waals surface area contributed by atoms with E-state index in [2.05, 4.69) is 43.9 Å². The second-order valence-electron chi connectivity index (χ2n) is 9.16. The third-order valence-corrected chi connectivity index (χ3v) is 7.96. The number of carbonyl (C=O) groups is 1. The van der Waals surface area contributed by atoms with Gasteiger partial charge < -0.3 is 14.5 Å². The summed E-state index contributed by atoms with van der Waals surface area (Å²) in [6, 6.07) is 18.7. The summed E-state index contributed by atoms with van der Waals surface area (Å²) in [6.07, 6.45) is 5.93. The van der Waals surface area contributed by atoms with Crippen molar-refractivity contribution in [2.45, 2.75) is 43.3 Å². The molecule has 1 aliphatic heterocycles. The van der Waals surface area contributed by atoms with Crippen molar-refractivity contribution in [1.82, 2.24) is 19.7 Å². The zero-order valence-electron chi connectivity index (χ0n) is 20.3. The highest BCUT2D eigenvalue weighted by Gasteiger charge is 2.27. The number of piperazine rings is 1. The van der Waals surface area contributed by atoms with Crippen molar-refractivity contribution in [3.63, 3.8) is 0 Å². The van der Waals surface area contributed by atoms with Gasteiger partial charge in [-0.3, -0.25) is 9.36 Å². The zero-order valence-corrected chi connectivity index (χ0v) is 21.1. The maximum atomic E-state index is 13.1. The van der Waals surface area contributed by atoms with E-state index >= 15 is 0 Å². The van der Waals surface area contributed by atoms with Crippen LogP contribution >= 0.6 is 11.8 Å². The SMILES string of the molecule is COc1ccccc1-c1nnc(SCC(=O)N2CCN(c3ccccc3)CC2)n1C1CCCCC1. The Kier molecular flexibility index (Phi) is 7.57. The van der Waals surface area contributed by atoms with E-state index in [0.29, 0.717) is 11.8 Å². The number of hydrogen-bond acceptors (Lipinski definition) is 6. The number of anilines is 1. The van der Waals surface area contributed by atoms with E-state index in [9.17, 15) is 4.79 Å². The summed E-state index contributed by atoms with van der Waals surface area (Å²) in [7, 11) is 1.69. The molecule has 0 atom stereocenters. The van der Waals surface area contributed by atoms with Gasteiger partial charge in [0.05, 0.1) is 18.4 Å². The molecule has 2 heterocycles. The van der Waals surface area contributed by atoms with E-state index in [1.165, 1.54) is 36.7 Å². The monoisotopic (exact) mass is 491 g/mol. The van der Waals surface area contributed by atoms with Crippen molar-refractivity contribution in [2.75, 3.05) is 43.9 Å². The summed E-state index contributed by atoms with van der Waals surface area (Å²) in [5.41, 5.74) is 2.17. The highest BCUT2D eigenvalue weighted by Crippen LogP contribution is 2.38. The van der Waals surface area contributed by atoms with Crippen LogP contribution in [0.1, 0.15) is 38.1 Å². The van der Waals surface area contributed by atoms with Crippen LogP contribution in [-0.2, 0) is 4.79 Å². The van der Waals surface area contributed by atoms with Gasteiger partial charge in [0.15, 0.2) is 11.0 Å². The quantitative estimate of drug-likeness (QED) is 0.438. The predicted molar refractivity (Wildman–Crippen MR) is 140 cm³/mol. The lowest BCUT2D eigenvalue weighted by atomic mass is 9.95. The van der Waals surface area contributed by atoms with Crippen LogP contribution in [0.4, 0.5) is 5.69 Å². The largest absolute Gasteiger partial charge is 0.496 e. The maximum Gasteiger partial charge on any atom is 0.233 e. The molecule has 2 aliphatic rings. The molecule has 3 aromatic rings. The van der Waals surface area contributed by atoms with Crippen molar-refractivity contribution in [3.05, 3.63) is 54.6 Å². The molecule has 0 spiro atoms. The van der Waals surface area contributed by atoms with Crippen molar-refractivity contribution >= 4 is 23.4 Å². The molecular formula is C27H33N5O2S. The van der Waals surface area contributed by atoms with E-state index in [-0.39, 0.29) is 5.91 Å². The summed E-state index contributed by atoms with van der Waals surface area (Å²) in [6.45, 7) is 3.21. The lowest BCUT2D eigenvalue weighted by molar-refractivity contribution is -0.128. The third-order valence-electron chi connectivity index (χ3n) is 7.03. The van der Waals surface area contributed by atoms with Gasteiger partial charge in [0.1, 0.15) is 5.75 Å². The molecule has 0 bridgehead atoms. The summed E-state index contributed by atoms with van der Waals surface area (Å²) in [5.74, 6) is 2.17. The summed E-state index contributed by atoms with van der Waals surface area (Å²) < 4.78 is 7.88. The third kappa shape index (κ3) is 5.32. The molecule has 1 saturated carbocycles.